The van der Waals surface area contributed by atoms with Gasteiger partial charge in [0.2, 0.25) is 0 Å². The van der Waals surface area contributed by atoms with Crippen LogP contribution in [0.4, 0.5) is 17.6 Å². The molecule has 6 nitrogen and oxygen atoms in total. The lowest BCUT2D eigenvalue weighted by Crippen LogP contribution is -2.45. The van der Waals surface area contributed by atoms with E-state index in [9.17, 15) is 22.4 Å². The van der Waals surface area contributed by atoms with Gasteiger partial charge in [0, 0.05) is 10.9 Å². The quantitative estimate of drug-likeness (QED) is 0.357. The van der Waals surface area contributed by atoms with Gasteiger partial charge in [-0.2, -0.15) is 18.3 Å². The molecule has 4 rings (SSSR count). The van der Waals surface area contributed by atoms with Crippen LogP contribution < -0.4 is 14.8 Å². The highest BCUT2D eigenvalue weighted by molar-refractivity contribution is 5.82. The summed E-state index contributed by atoms with van der Waals surface area (Å²) in [5, 5.41) is 7.00. The first-order chi connectivity index (χ1) is 16.7. The van der Waals surface area contributed by atoms with E-state index in [1.807, 2.05) is 5.32 Å². The molecule has 2 unspecified atom stereocenters. The molecule has 3 aromatic carbocycles. The summed E-state index contributed by atoms with van der Waals surface area (Å²) in [6, 6.07) is 16.6. The zero-order valence-corrected chi connectivity index (χ0v) is 18.7. The molecule has 1 aromatic heterocycles. The molecule has 0 saturated heterocycles. The number of carbonyl (C=O) groups excluding carboxylic acids is 1. The highest BCUT2D eigenvalue weighted by Gasteiger charge is 2.40. The number of nitrogens with zero attached hydrogens (tertiary/aromatic N) is 2. The number of hydrogen-bond donors (Lipinski definition) is 1. The van der Waals surface area contributed by atoms with Gasteiger partial charge in [-0.15, -0.1) is 0 Å². The molecule has 0 bridgehead atoms. The van der Waals surface area contributed by atoms with Crippen LogP contribution in [0.2, 0.25) is 0 Å². The molecule has 10 heteroatoms. The van der Waals surface area contributed by atoms with E-state index in [1.54, 1.807) is 65.5 Å². The van der Waals surface area contributed by atoms with Gasteiger partial charge in [-0.3, -0.25) is 4.79 Å². The van der Waals surface area contributed by atoms with Gasteiger partial charge >= 0.3 is 12.1 Å². The topological polar surface area (TPSA) is 65.4 Å². The van der Waals surface area contributed by atoms with E-state index < -0.39 is 24.2 Å². The second-order valence-electron chi connectivity index (χ2n) is 7.79. The number of methoxy groups -OCH3 is 1. The Bertz CT molecular complexity index is 1340. The van der Waals surface area contributed by atoms with Crippen LogP contribution in [-0.4, -0.2) is 35.0 Å². The molecule has 1 N–H and O–H groups in total. The monoisotopic (exact) mass is 487 g/mol. The Balaban J connectivity index is 1.67. The summed E-state index contributed by atoms with van der Waals surface area (Å²) in [5.74, 6) is -1.68. The third kappa shape index (κ3) is 5.21. The van der Waals surface area contributed by atoms with Crippen molar-refractivity contribution in [2.45, 2.75) is 25.2 Å². The van der Waals surface area contributed by atoms with E-state index in [4.69, 9.17) is 9.47 Å². The maximum Gasteiger partial charge on any atom is 0.471 e. The summed E-state index contributed by atoms with van der Waals surface area (Å²) in [7, 11) is 1.44. The fourth-order valence-corrected chi connectivity index (χ4v) is 3.72. The summed E-state index contributed by atoms with van der Waals surface area (Å²) < 4.78 is 65.0. The summed E-state index contributed by atoms with van der Waals surface area (Å²) in [5.41, 5.74) is 1.84. The number of amides is 1. The average molecular weight is 487 g/mol. The first-order valence-corrected chi connectivity index (χ1v) is 10.6. The molecule has 0 fully saturated rings. The molecule has 0 radical (unpaired) electrons. The van der Waals surface area contributed by atoms with Crippen LogP contribution in [0.5, 0.6) is 11.5 Å². The Kier molecular flexibility index (Phi) is 6.63. The number of fused-ring (bicyclic) bond motifs is 1. The number of para-hydroxylation sites is 1. The number of aromatic nitrogens is 2. The minimum absolute atomic E-state index is 0.347. The van der Waals surface area contributed by atoms with Crippen LogP contribution in [0.1, 0.15) is 18.6 Å². The largest absolute Gasteiger partial charge is 0.496 e. The summed E-state index contributed by atoms with van der Waals surface area (Å²) in [6.07, 6.45) is -4.44. The lowest BCUT2D eigenvalue weighted by molar-refractivity contribution is -0.174. The van der Waals surface area contributed by atoms with Gasteiger partial charge in [0.1, 0.15) is 23.4 Å². The van der Waals surface area contributed by atoms with Crippen LogP contribution in [-0.2, 0) is 4.79 Å². The minimum Gasteiger partial charge on any atom is -0.496 e. The van der Waals surface area contributed by atoms with Crippen molar-refractivity contribution < 1.29 is 31.8 Å². The van der Waals surface area contributed by atoms with Gasteiger partial charge < -0.3 is 14.8 Å². The smallest absolute Gasteiger partial charge is 0.471 e. The molecular formula is C25H21F4N3O3. The van der Waals surface area contributed by atoms with Gasteiger partial charge in [0.25, 0.3) is 0 Å². The molecule has 2 atom stereocenters. The third-order valence-electron chi connectivity index (χ3n) is 5.39. The van der Waals surface area contributed by atoms with Crippen molar-refractivity contribution in [2.75, 3.05) is 7.11 Å². The average Bonchev–Trinajstić information content (AvgIpc) is 3.25. The van der Waals surface area contributed by atoms with Gasteiger partial charge in [0.05, 0.1) is 30.6 Å². The van der Waals surface area contributed by atoms with E-state index in [-0.39, 0.29) is 5.82 Å². The van der Waals surface area contributed by atoms with E-state index in [0.29, 0.717) is 28.1 Å². The molecule has 0 saturated carbocycles. The zero-order chi connectivity index (χ0) is 25.2. The van der Waals surface area contributed by atoms with E-state index >= 15 is 0 Å². The van der Waals surface area contributed by atoms with Crippen molar-refractivity contribution in [3.8, 4) is 17.2 Å². The van der Waals surface area contributed by atoms with Crippen molar-refractivity contribution in [3.63, 3.8) is 0 Å². The van der Waals surface area contributed by atoms with Crippen LogP contribution in [0.15, 0.2) is 72.9 Å². The Labute approximate surface area is 198 Å². The summed E-state index contributed by atoms with van der Waals surface area (Å²) in [6.45, 7) is 1.42. The molecule has 1 heterocycles. The molecule has 1 amide bonds. The summed E-state index contributed by atoms with van der Waals surface area (Å²) >= 11 is 0. The molecule has 0 spiro atoms. The van der Waals surface area contributed by atoms with Crippen LogP contribution in [0, 0.1) is 5.82 Å². The number of alkyl halides is 3. The van der Waals surface area contributed by atoms with Crippen molar-refractivity contribution >= 4 is 16.8 Å². The molecule has 182 valence electrons. The summed E-state index contributed by atoms with van der Waals surface area (Å²) in [4.78, 5) is 11.6. The van der Waals surface area contributed by atoms with Crippen molar-refractivity contribution in [3.05, 3.63) is 84.3 Å². The normalized spacial score (nSPS) is 13.3. The second-order valence-corrected chi connectivity index (χ2v) is 7.79. The van der Waals surface area contributed by atoms with Crippen molar-refractivity contribution in [2.24, 2.45) is 0 Å². The molecule has 35 heavy (non-hydrogen) atoms. The Hall–Kier alpha value is -4.08. The number of rotatable bonds is 7. The number of hydrogen-bond acceptors (Lipinski definition) is 4. The predicted molar refractivity (Wildman–Crippen MR) is 121 cm³/mol. The Morgan fingerprint density at radius 1 is 1.06 bits per heavy atom. The highest BCUT2D eigenvalue weighted by atomic mass is 19.4. The number of ether oxygens (including phenoxy) is 2. The standard InChI is InChI=1S/C25H21F4N3O3/c1-15(31-24(33)25(27,28)29)23(20-5-3-4-6-22(20)34-2)35-19-11-12-21-16(13-19)14-30-32(21)18-9-7-17(26)8-10-18/h3-15,23H,1-2H3,(H,31,33). The SMILES string of the molecule is COc1ccccc1C(Oc1ccc2c(cnn2-c2ccc(F)cc2)c1)C(C)NC(=O)C(F)(F)F. The Morgan fingerprint density at radius 2 is 1.77 bits per heavy atom. The first kappa shape index (κ1) is 24.1. The maximum absolute atomic E-state index is 13.3. The predicted octanol–water partition coefficient (Wildman–Crippen LogP) is 5.36. The molecule has 0 aliphatic heterocycles. The van der Waals surface area contributed by atoms with Gasteiger partial charge in [0.15, 0.2) is 0 Å². The molecule has 0 aliphatic carbocycles. The van der Waals surface area contributed by atoms with E-state index in [0.717, 1.165) is 5.52 Å². The Morgan fingerprint density at radius 3 is 2.46 bits per heavy atom. The fraction of sp³-hybridized carbons (Fsp3) is 0.200. The number of halogens is 4. The van der Waals surface area contributed by atoms with Crippen molar-refractivity contribution in [1.82, 2.24) is 15.1 Å². The van der Waals surface area contributed by atoms with Gasteiger partial charge in [-0.05, 0) is 55.5 Å². The van der Waals surface area contributed by atoms with Crippen molar-refractivity contribution in [1.29, 1.82) is 0 Å². The lowest BCUT2D eigenvalue weighted by atomic mass is 10.0. The van der Waals surface area contributed by atoms with Crippen LogP contribution >= 0.6 is 0 Å². The second kappa shape index (κ2) is 9.65. The highest BCUT2D eigenvalue weighted by Crippen LogP contribution is 2.33. The maximum atomic E-state index is 13.3. The van der Waals surface area contributed by atoms with E-state index in [1.165, 1.54) is 26.2 Å². The molecular weight excluding hydrogens is 466 g/mol. The molecule has 4 aromatic rings. The molecule has 0 aliphatic rings. The fourth-order valence-electron chi connectivity index (χ4n) is 3.72. The van der Waals surface area contributed by atoms with Crippen LogP contribution in [0.3, 0.4) is 0 Å². The third-order valence-corrected chi connectivity index (χ3v) is 5.39. The minimum atomic E-state index is -5.03. The number of carbonyl (C=O) groups is 1. The number of nitrogens with one attached hydrogen (secondary N) is 1. The first-order valence-electron chi connectivity index (χ1n) is 10.6. The lowest BCUT2D eigenvalue weighted by Gasteiger charge is -2.28. The van der Waals surface area contributed by atoms with Gasteiger partial charge in [-0.25, -0.2) is 9.07 Å². The van der Waals surface area contributed by atoms with Gasteiger partial charge in [-0.1, -0.05) is 18.2 Å². The zero-order valence-electron chi connectivity index (χ0n) is 18.7. The van der Waals surface area contributed by atoms with E-state index in [2.05, 4.69) is 5.10 Å². The number of benzene rings is 3. The van der Waals surface area contributed by atoms with Crippen LogP contribution in [0.25, 0.3) is 16.6 Å².